The lowest BCUT2D eigenvalue weighted by Gasteiger charge is -2.18. The fourth-order valence-corrected chi connectivity index (χ4v) is 2.12. The molecule has 25 heavy (non-hydrogen) atoms. The highest BCUT2D eigenvalue weighted by atomic mass is 19.4. The van der Waals surface area contributed by atoms with E-state index in [0.717, 1.165) is 49.4 Å². The predicted octanol–water partition coefficient (Wildman–Crippen LogP) is 5.43. The molecule has 0 heterocycles. The van der Waals surface area contributed by atoms with Crippen LogP contribution >= 0.6 is 0 Å². The Kier molecular flexibility index (Phi) is 5.10. The summed E-state index contributed by atoms with van der Waals surface area (Å²) in [6.45, 7) is 1.12. The number of ether oxygens (including phenoxy) is 1. The summed E-state index contributed by atoms with van der Waals surface area (Å²) in [5.41, 5.74) is -1.90. The summed E-state index contributed by atoms with van der Waals surface area (Å²) in [4.78, 5) is 11.7. The van der Waals surface area contributed by atoms with Gasteiger partial charge in [0.1, 0.15) is 5.75 Å². The van der Waals surface area contributed by atoms with Crippen LogP contribution in [0.4, 0.5) is 26.3 Å². The van der Waals surface area contributed by atoms with Gasteiger partial charge in [0.2, 0.25) is 0 Å². The number of hydrogen-bond acceptors (Lipinski definition) is 2. The standard InChI is InChI=1S/C17H12F6O2/c1-10(24)15(11-3-2-4-13(9-11)17(21,22)23)25-14-7-5-12(6-8-14)16(18,19)20/h2-9,15H,1H3. The number of benzene rings is 2. The Morgan fingerprint density at radius 3 is 1.92 bits per heavy atom. The van der Waals surface area contributed by atoms with Crippen molar-refractivity contribution in [3.8, 4) is 5.75 Å². The normalized spacial score (nSPS) is 13.4. The Morgan fingerprint density at radius 2 is 1.44 bits per heavy atom. The van der Waals surface area contributed by atoms with Crippen LogP contribution in [0, 0.1) is 0 Å². The van der Waals surface area contributed by atoms with Crippen LogP contribution in [0.15, 0.2) is 48.5 Å². The summed E-state index contributed by atoms with van der Waals surface area (Å²) >= 11 is 0. The molecular weight excluding hydrogens is 350 g/mol. The molecule has 2 rings (SSSR count). The number of alkyl halides is 6. The van der Waals surface area contributed by atoms with Gasteiger partial charge in [-0.3, -0.25) is 4.79 Å². The number of rotatable bonds is 4. The molecule has 0 saturated carbocycles. The van der Waals surface area contributed by atoms with Gasteiger partial charge in [0.25, 0.3) is 0 Å². The van der Waals surface area contributed by atoms with Crippen LogP contribution in [-0.4, -0.2) is 5.78 Å². The van der Waals surface area contributed by atoms with Gasteiger partial charge in [0.05, 0.1) is 11.1 Å². The minimum atomic E-state index is -4.59. The van der Waals surface area contributed by atoms with Gasteiger partial charge in [-0.1, -0.05) is 12.1 Å². The first-order valence-corrected chi connectivity index (χ1v) is 7.00. The first kappa shape index (κ1) is 18.8. The number of ketones is 1. The molecule has 0 aliphatic carbocycles. The molecule has 1 atom stereocenters. The largest absolute Gasteiger partial charge is 0.478 e. The van der Waals surface area contributed by atoms with Crippen LogP contribution in [0.25, 0.3) is 0 Å². The van der Waals surface area contributed by atoms with Crippen LogP contribution in [-0.2, 0) is 17.1 Å². The topological polar surface area (TPSA) is 26.3 Å². The van der Waals surface area contributed by atoms with Crippen molar-refractivity contribution in [3.63, 3.8) is 0 Å². The van der Waals surface area contributed by atoms with Crippen molar-refractivity contribution in [2.45, 2.75) is 25.4 Å². The molecule has 1 unspecified atom stereocenters. The number of hydrogen-bond donors (Lipinski definition) is 0. The van der Waals surface area contributed by atoms with Gasteiger partial charge in [-0.15, -0.1) is 0 Å². The molecular formula is C17H12F6O2. The molecule has 2 nitrogen and oxygen atoms in total. The third kappa shape index (κ3) is 4.74. The first-order valence-electron chi connectivity index (χ1n) is 7.00. The average molecular weight is 362 g/mol. The van der Waals surface area contributed by atoms with Crippen LogP contribution in [0.3, 0.4) is 0 Å². The summed E-state index contributed by atoms with van der Waals surface area (Å²) in [6.07, 6.45) is -10.5. The minimum absolute atomic E-state index is 0.0396. The molecule has 8 heteroatoms. The summed E-state index contributed by atoms with van der Waals surface area (Å²) in [6, 6.07) is 7.57. The van der Waals surface area contributed by atoms with Crippen molar-refractivity contribution in [2.75, 3.05) is 0 Å². The van der Waals surface area contributed by atoms with E-state index in [1.54, 1.807) is 0 Å². The summed E-state index contributed by atoms with van der Waals surface area (Å²) in [7, 11) is 0. The Bertz CT molecular complexity index is 747. The maximum Gasteiger partial charge on any atom is 0.416 e. The lowest BCUT2D eigenvalue weighted by molar-refractivity contribution is -0.138. The zero-order chi connectivity index (χ0) is 18.8. The van der Waals surface area contributed by atoms with Crippen LogP contribution in [0.5, 0.6) is 5.75 Å². The highest BCUT2D eigenvalue weighted by Gasteiger charge is 2.32. The van der Waals surface area contributed by atoms with Crippen molar-refractivity contribution in [1.29, 1.82) is 0 Å². The molecule has 0 spiro atoms. The summed E-state index contributed by atoms with van der Waals surface area (Å²) in [5.74, 6) is -0.648. The molecule has 0 N–H and O–H groups in total. The molecule has 2 aromatic carbocycles. The Balaban J connectivity index is 2.29. The Morgan fingerprint density at radius 1 is 0.880 bits per heavy atom. The molecule has 0 aliphatic rings. The highest BCUT2D eigenvalue weighted by molar-refractivity contribution is 5.82. The van der Waals surface area contributed by atoms with E-state index in [0.29, 0.717) is 0 Å². The van der Waals surface area contributed by atoms with Gasteiger partial charge in [0, 0.05) is 5.56 Å². The molecule has 0 bridgehead atoms. The average Bonchev–Trinajstić information content (AvgIpc) is 2.51. The third-order valence-corrected chi connectivity index (χ3v) is 3.32. The van der Waals surface area contributed by atoms with Crippen LogP contribution in [0.1, 0.15) is 29.7 Å². The van der Waals surface area contributed by atoms with E-state index in [1.165, 1.54) is 6.07 Å². The Hall–Kier alpha value is -2.51. The van der Waals surface area contributed by atoms with E-state index in [9.17, 15) is 31.1 Å². The molecule has 0 radical (unpaired) electrons. The first-order chi connectivity index (χ1) is 11.5. The number of Topliss-reactive ketones (excluding diaryl/α,β-unsaturated/α-hetero) is 1. The van der Waals surface area contributed by atoms with Gasteiger partial charge in [-0.05, 0) is 43.3 Å². The van der Waals surface area contributed by atoms with E-state index in [-0.39, 0.29) is 11.3 Å². The van der Waals surface area contributed by atoms with Gasteiger partial charge in [-0.25, -0.2) is 0 Å². The van der Waals surface area contributed by atoms with Gasteiger partial charge >= 0.3 is 12.4 Å². The van der Waals surface area contributed by atoms with Crippen molar-refractivity contribution < 1.29 is 35.9 Å². The van der Waals surface area contributed by atoms with Crippen LogP contribution in [0.2, 0.25) is 0 Å². The predicted molar refractivity (Wildman–Crippen MR) is 76.9 cm³/mol. The number of carbonyl (C=O) groups excluding carboxylic acids is 1. The highest BCUT2D eigenvalue weighted by Crippen LogP contribution is 2.33. The SMILES string of the molecule is CC(=O)C(Oc1ccc(C(F)(F)F)cc1)c1cccc(C(F)(F)F)c1. The maximum atomic E-state index is 12.8. The molecule has 0 aromatic heterocycles. The number of halogens is 6. The molecule has 0 saturated heterocycles. The smallest absolute Gasteiger partial charge is 0.416 e. The second-order valence-electron chi connectivity index (χ2n) is 5.25. The minimum Gasteiger partial charge on any atom is -0.478 e. The van der Waals surface area contributed by atoms with E-state index in [2.05, 4.69) is 0 Å². The quantitative estimate of drug-likeness (QED) is 0.678. The lowest BCUT2D eigenvalue weighted by Crippen LogP contribution is -2.17. The maximum absolute atomic E-state index is 12.8. The summed E-state index contributed by atoms with van der Waals surface area (Å²) < 4.78 is 81.3. The lowest BCUT2D eigenvalue weighted by atomic mass is 10.0. The molecule has 0 aliphatic heterocycles. The van der Waals surface area contributed by atoms with Gasteiger partial charge in [0.15, 0.2) is 11.9 Å². The van der Waals surface area contributed by atoms with E-state index >= 15 is 0 Å². The van der Waals surface area contributed by atoms with Crippen molar-refractivity contribution in [2.24, 2.45) is 0 Å². The fourth-order valence-electron chi connectivity index (χ4n) is 2.12. The summed E-state index contributed by atoms with van der Waals surface area (Å²) in [5, 5.41) is 0. The second kappa shape index (κ2) is 6.78. The molecule has 2 aromatic rings. The van der Waals surface area contributed by atoms with Crippen molar-refractivity contribution in [1.82, 2.24) is 0 Å². The monoisotopic (exact) mass is 362 g/mol. The van der Waals surface area contributed by atoms with E-state index in [4.69, 9.17) is 4.74 Å². The molecule has 0 fully saturated rings. The van der Waals surface area contributed by atoms with Gasteiger partial charge in [-0.2, -0.15) is 26.3 Å². The molecule has 0 amide bonds. The zero-order valence-corrected chi connectivity index (χ0v) is 12.8. The van der Waals surface area contributed by atoms with E-state index in [1.807, 2.05) is 0 Å². The Labute approximate surface area is 139 Å². The van der Waals surface area contributed by atoms with E-state index < -0.39 is 35.4 Å². The third-order valence-electron chi connectivity index (χ3n) is 3.32. The number of carbonyl (C=O) groups is 1. The molecule has 134 valence electrons. The second-order valence-corrected chi connectivity index (χ2v) is 5.25. The van der Waals surface area contributed by atoms with Crippen molar-refractivity contribution in [3.05, 3.63) is 65.2 Å². The fraction of sp³-hybridized carbons (Fsp3) is 0.235. The van der Waals surface area contributed by atoms with Crippen LogP contribution < -0.4 is 4.74 Å². The van der Waals surface area contributed by atoms with Crippen molar-refractivity contribution >= 4 is 5.78 Å². The van der Waals surface area contributed by atoms with Gasteiger partial charge < -0.3 is 4.74 Å². The zero-order valence-electron chi connectivity index (χ0n) is 12.8.